The van der Waals surface area contributed by atoms with Crippen molar-refractivity contribution in [2.75, 3.05) is 19.8 Å². The van der Waals surface area contributed by atoms with Crippen molar-refractivity contribution in [3.63, 3.8) is 0 Å². The second-order valence-corrected chi connectivity index (χ2v) is 12.7. The Balaban J connectivity index is 2.41. The number of rotatable bonds is 29. The Kier molecular flexibility index (Phi) is 27.8. The van der Waals surface area contributed by atoms with E-state index >= 15 is 0 Å². The molecule has 0 spiro atoms. The molecule has 0 bridgehead atoms. The molecule has 1 rings (SSSR count). The van der Waals surface area contributed by atoms with E-state index in [2.05, 4.69) is 32.1 Å². The molecule has 0 amide bonds. The van der Waals surface area contributed by atoms with Gasteiger partial charge in [-0.25, -0.2) is 0 Å². The largest absolute Gasteiger partial charge is 0.462 e. The van der Waals surface area contributed by atoms with Gasteiger partial charge in [0.15, 0.2) is 12.4 Å². The minimum absolute atomic E-state index is 0.223. The van der Waals surface area contributed by atoms with E-state index in [1.54, 1.807) is 0 Å². The number of carbonyl (C=O) groups excluding carboxylic acids is 2. The van der Waals surface area contributed by atoms with E-state index in [0.717, 1.165) is 57.8 Å². The Bertz CT molecular complexity index is 944. The molecule has 2 unspecified atom stereocenters. The number of aliphatic hydroxyl groups is 4. The summed E-state index contributed by atoms with van der Waals surface area (Å²) in [6.07, 6.45) is 25.6. The monoisotopic (exact) mass is 694 g/mol. The molecule has 0 aromatic heterocycles. The molecule has 10 heteroatoms. The molecule has 10 nitrogen and oxygen atoms in total. The zero-order valence-electron chi connectivity index (χ0n) is 30.2. The van der Waals surface area contributed by atoms with Crippen molar-refractivity contribution in [3.8, 4) is 0 Å². The zero-order valence-corrected chi connectivity index (χ0v) is 30.2. The van der Waals surface area contributed by atoms with E-state index < -0.39 is 55.4 Å². The Labute approximate surface area is 295 Å². The Morgan fingerprint density at radius 3 is 1.82 bits per heavy atom. The highest BCUT2D eigenvalue weighted by atomic mass is 16.7. The topological polar surface area (TPSA) is 152 Å². The summed E-state index contributed by atoms with van der Waals surface area (Å²) in [5, 5.41) is 39.8. The van der Waals surface area contributed by atoms with Crippen LogP contribution in [0, 0.1) is 0 Å². The van der Waals surface area contributed by atoms with Crippen molar-refractivity contribution < 1.29 is 49.0 Å². The van der Waals surface area contributed by atoms with Crippen molar-refractivity contribution in [1.82, 2.24) is 0 Å². The maximum absolute atomic E-state index is 12.6. The molecule has 1 aliphatic rings. The average Bonchev–Trinajstić information content (AvgIpc) is 3.10. The molecule has 0 aromatic rings. The molecule has 4 N–H and O–H groups in total. The van der Waals surface area contributed by atoms with E-state index in [-0.39, 0.29) is 26.1 Å². The summed E-state index contributed by atoms with van der Waals surface area (Å²) in [5.74, 6) is -0.842. The third-order valence-corrected chi connectivity index (χ3v) is 8.32. The summed E-state index contributed by atoms with van der Waals surface area (Å²) in [7, 11) is 0. The van der Waals surface area contributed by atoms with Crippen LogP contribution in [-0.4, -0.2) is 89.0 Å². The van der Waals surface area contributed by atoms with Gasteiger partial charge in [-0.15, -0.1) is 0 Å². The van der Waals surface area contributed by atoms with Gasteiger partial charge in [-0.1, -0.05) is 133 Å². The Hall–Kier alpha value is -2.34. The number of aliphatic hydroxyl groups excluding tert-OH is 4. The normalized spacial score (nSPS) is 22.1. The molecule has 6 atom stereocenters. The van der Waals surface area contributed by atoms with Crippen LogP contribution in [0.5, 0.6) is 0 Å². The van der Waals surface area contributed by atoms with Gasteiger partial charge in [0, 0.05) is 12.8 Å². The second-order valence-electron chi connectivity index (χ2n) is 12.7. The van der Waals surface area contributed by atoms with Gasteiger partial charge in [0.1, 0.15) is 31.0 Å². The fourth-order valence-electron chi connectivity index (χ4n) is 5.31. The summed E-state index contributed by atoms with van der Waals surface area (Å²) in [5.41, 5.74) is 0. The molecule has 1 fully saturated rings. The first-order valence-corrected chi connectivity index (χ1v) is 18.8. The third kappa shape index (κ3) is 22.9. The van der Waals surface area contributed by atoms with Crippen molar-refractivity contribution in [2.45, 2.75) is 166 Å². The third-order valence-electron chi connectivity index (χ3n) is 8.32. The van der Waals surface area contributed by atoms with Gasteiger partial charge >= 0.3 is 11.9 Å². The van der Waals surface area contributed by atoms with E-state index in [0.29, 0.717) is 12.8 Å². The number of esters is 2. The molecular weight excluding hydrogens is 628 g/mol. The van der Waals surface area contributed by atoms with Gasteiger partial charge in [-0.3, -0.25) is 9.59 Å². The van der Waals surface area contributed by atoms with Crippen molar-refractivity contribution >= 4 is 11.9 Å². The van der Waals surface area contributed by atoms with Crippen LogP contribution in [0.4, 0.5) is 0 Å². The van der Waals surface area contributed by atoms with Gasteiger partial charge < -0.3 is 39.4 Å². The first kappa shape index (κ1) is 44.7. The molecule has 0 radical (unpaired) electrons. The lowest BCUT2D eigenvalue weighted by Crippen LogP contribution is -2.59. The van der Waals surface area contributed by atoms with E-state index in [9.17, 15) is 30.0 Å². The van der Waals surface area contributed by atoms with Crippen LogP contribution in [0.3, 0.4) is 0 Å². The molecule has 0 aromatic carbocycles. The van der Waals surface area contributed by atoms with Gasteiger partial charge in [0.2, 0.25) is 0 Å². The maximum Gasteiger partial charge on any atom is 0.306 e. The highest BCUT2D eigenvalue weighted by Crippen LogP contribution is 2.22. The maximum atomic E-state index is 12.6. The fraction of sp³-hybridized carbons (Fsp3) is 0.744. The van der Waals surface area contributed by atoms with Crippen LogP contribution in [0.25, 0.3) is 0 Å². The van der Waals surface area contributed by atoms with Crippen molar-refractivity contribution in [1.29, 1.82) is 0 Å². The van der Waals surface area contributed by atoms with Gasteiger partial charge in [-0.05, 0) is 32.1 Å². The number of allylic oxidation sites excluding steroid dienone is 8. The standard InChI is InChI=1S/C39H66O10/c1-3-5-7-9-11-13-14-15-16-17-18-20-21-23-25-27-34(41)46-30-32(31-47-39-38(45)37(44)36(43)33(29-40)49-39)48-35(42)28-26-24-22-19-12-10-8-6-4-2/h5,7,9,11,13-16,32-33,36-40,43-45H,3-4,6,8,10,12,17-31H2,1-2H3/b7-5+,11-9+,14-13+,16-15+/t32-,33-,36+,37?,38?,39-/m0/s1. The average molecular weight is 695 g/mol. The van der Waals surface area contributed by atoms with Crippen LogP contribution >= 0.6 is 0 Å². The number of ether oxygens (including phenoxy) is 4. The predicted octanol–water partition coefficient (Wildman–Crippen LogP) is 6.54. The lowest BCUT2D eigenvalue weighted by Gasteiger charge is -2.39. The summed E-state index contributed by atoms with van der Waals surface area (Å²) in [6.45, 7) is 3.20. The summed E-state index contributed by atoms with van der Waals surface area (Å²) in [6, 6.07) is 0. The summed E-state index contributed by atoms with van der Waals surface area (Å²) >= 11 is 0. The summed E-state index contributed by atoms with van der Waals surface area (Å²) in [4.78, 5) is 25.1. The van der Waals surface area contributed by atoms with Crippen LogP contribution in [-0.2, 0) is 28.5 Å². The van der Waals surface area contributed by atoms with E-state index in [1.165, 1.54) is 32.1 Å². The van der Waals surface area contributed by atoms with E-state index in [4.69, 9.17) is 18.9 Å². The summed E-state index contributed by atoms with van der Waals surface area (Å²) < 4.78 is 22.0. The number of hydrogen-bond donors (Lipinski definition) is 4. The predicted molar refractivity (Wildman–Crippen MR) is 192 cm³/mol. The van der Waals surface area contributed by atoms with E-state index in [1.807, 2.05) is 30.4 Å². The van der Waals surface area contributed by atoms with Crippen molar-refractivity contribution in [2.24, 2.45) is 0 Å². The first-order chi connectivity index (χ1) is 23.8. The molecule has 1 heterocycles. The molecule has 1 aliphatic heterocycles. The molecular formula is C39H66O10. The zero-order chi connectivity index (χ0) is 36.0. The van der Waals surface area contributed by atoms with Crippen LogP contribution in [0.1, 0.15) is 129 Å². The lowest BCUT2D eigenvalue weighted by atomic mass is 9.99. The number of unbranched alkanes of at least 4 members (excludes halogenated alkanes) is 13. The first-order valence-electron chi connectivity index (χ1n) is 18.8. The lowest BCUT2D eigenvalue weighted by molar-refractivity contribution is -0.305. The molecule has 0 saturated carbocycles. The molecule has 282 valence electrons. The Morgan fingerprint density at radius 2 is 1.20 bits per heavy atom. The Morgan fingerprint density at radius 1 is 0.653 bits per heavy atom. The quantitative estimate of drug-likeness (QED) is 0.0386. The minimum atomic E-state index is -1.60. The van der Waals surface area contributed by atoms with Gasteiger partial charge in [0.25, 0.3) is 0 Å². The van der Waals surface area contributed by atoms with Crippen LogP contribution in [0.2, 0.25) is 0 Å². The minimum Gasteiger partial charge on any atom is -0.462 e. The molecule has 1 saturated heterocycles. The highest BCUT2D eigenvalue weighted by Gasteiger charge is 2.44. The van der Waals surface area contributed by atoms with Crippen LogP contribution < -0.4 is 0 Å². The smallest absolute Gasteiger partial charge is 0.306 e. The fourth-order valence-corrected chi connectivity index (χ4v) is 5.31. The molecule has 49 heavy (non-hydrogen) atoms. The second kappa shape index (κ2) is 30.5. The highest BCUT2D eigenvalue weighted by molar-refractivity contribution is 5.70. The SMILES string of the molecule is CC/C=C/C=C/C=C/C=C/CCCCCCCC(=O)OC[C@@H](CO[C@H]1O[C@@H](CO)[C@@H](O)C(O)C1O)OC(=O)CCCCCCCCCCC. The van der Waals surface area contributed by atoms with Gasteiger partial charge in [0.05, 0.1) is 13.2 Å². The number of hydrogen-bond acceptors (Lipinski definition) is 10. The van der Waals surface area contributed by atoms with Crippen LogP contribution in [0.15, 0.2) is 48.6 Å². The number of carbonyl (C=O) groups is 2. The van der Waals surface area contributed by atoms with Gasteiger partial charge in [-0.2, -0.15) is 0 Å². The van der Waals surface area contributed by atoms with Crippen molar-refractivity contribution in [3.05, 3.63) is 48.6 Å². The molecule has 0 aliphatic carbocycles.